The first kappa shape index (κ1) is 16.5. The highest BCUT2D eigenvalue weighted by Gasteiger charge is 2.22. The van der Waals surface area contributed by atoms with E-state index in [9.17, 15) is 14.4 Å². The monoisotopic (exact) mass is 294 g/mol. The predicted octanol–water partition coefficient (Wildman–Crippen LogP) is -0.00908. The lowest BCUT2D eigenvalue weighted by Crippen LogP contribution is -2.43. The van der Waals surface area contributed by atoms with Crippen molar-refractivity contribution < 1.29 is 24.2 Å². The summed E-state index contributed by atoms with van der Waals surface area (Å²) in [6.07, 6.45) is -0.461. The number of hydrogen-bond donors (Lipinski definition) is 3. The average Bonchev–Trinajstić information content (AvgIpc) is 2.39. The zero-order valence-electron chi connectivity index (χ0n) is 11.9. The van der Waals surface area contributed by atoms with Crippen molar-refractivity contribution in [3.05, 3.63) is 29.3 Å². The van der Waals surface area contributed by atoms with Gasteiger partial charge in [0.05, 0.1) is 20.0 Å². The van der Waals surface area contributed by atoms with Gasteiger partial charge in [-0.25, -0.2) is 4.79 Å². The highest BCUT2D eigenvalue weighted by atomic mass is 16.5. The second-order valence-electron chi connectivity index (χ2n) is 4.61. The van der Waals surface area contributed by atoms with E-state index in [4.69, 9.17) is 15.6 Å². The van der Waals surface area contributed by atoms with Crippen molar-refractivity contribution in [3.8, 4) is 5.75 Å². The number of benzene rings is 1. The Labute approximate surface area is 122 Å². The maximum atomic E-state index is 11.8. The summed E-state index contributed by atoms with van der Waals surface area (Å²) in [6, 6.07) is 3.95. The van der Waals surface area contributed by atoms with Gasteiger partial charge in [0.2, 0.25) is 11.8 Å². The van der Waals surface area contributed by atoms with Crippen LogP contribution in [0.3, 0.4) is 0 Å². The maximum Gasteiger partial charge on any atom is 0.326 e. The van der Waals surface area contributed by atoms with Crippen LogP contribution in [-0.2, 0) is 20.8 Å². The van der Waals surface area contributed by atoms with Gasteiger partial charge in [0, 0.05) is 0 Å². The number of carboxylic acid groups (broad SMARTS) is 1. The molecule has 0 aliphatic carbocycles. The molecule has 0 heterocycles. The Balaban J connectivity index is 2.72. The number of ether oxygens (including phenoxy) is 1. The molecule has 0 radical (unpaired) electrons. The molecule has 0 aliphatic heterocycles. The zero-order valence-corrected chi connectivity index (χ0v) is 11.9. The van der Waals surface area contributed by atoms with Gasteiger partial charge in [-0.2, -0.15) is 0 Å². The van der Waals surface area contributed by atoms with Gasteiger partial charge in [0.15, 0.2) is 0 Å². The molecule has 0 bridgehead atoms. The molecule has 4 N–H and O–H groups in total. The molecule has 0 spiro atoms. The number of nitrogens with one attached hydrogen (secondary N) is 1. The number of aryl methyl sites for hydroxylation is 1. The lowest BCUT2D eigenvalue weighted by atomic mass is 10.1. The summed E-state index contributed by atoms with van der Waals surface area (Å²) in [5.41, 5.74) is 6.55. The van der Waals surface area contributed by atoms with Crippen LogP contribution in [0, 0.1) is 6.92 Å². The summed E-state index contributed by atoms with van der Waals surface area (Å²) in [7, 11) is 1.53. The second-order valence-corrected chi connectivity index (χ2v) is 4.61. The Bertz CT molecular complexity index is 556. The number of carbonyl (C=O) groups is 3. The molecule has 0 unspecified atom stereocenters. The van der Waals surface area contributed by atoms with Gasteiger partial charge >= 0.3 is 5.97 Å². The summed E-state index contributed by atoms with van der Waals surface area (Å²) in [4.78, 5) is 33.5. The molecular formula is C14H18N2O5. The van der Waals surface area contributed by atoms with Gasteiger partial charge in [0.25, 0.3) is 0 Å². The third-order valence-corrected chi connectivity index (χ3v) is 2.88. The standard InChI is InChI=1S/C14H18N2O5/c1-8-3-4-9(5-11(8)21-2)6-13(18)16-10(14(19)20)7-12(15)17/h3-5,10H,6-7H2,1-2H3,(H2,15,17)(H,16,18)(H,19,20)/t10-/m0/s1. The number of aliphatic carboxylic acids is 1. The third-order valence-electron chi connectivity index (χ3n) is 2.88. The number of hydrogen-bond acceptors (Lipinski definition) is 4. The van der Waals surface area contributed by atoms with E-state index >= 15 is 0 Å². The van der Waals surface area contributed by atoms with E-state index in [-0.39, 0.29) is 6.42 Å². The smallest absolute Gasteiger partial charge is 0.326 e. The van der Waals surface area contributed by atoms with Crippen LogP contribution in [0.4, 0.5) is 0 Å². The first-order valence-electron chi connectivity index (χ1n) is 6.27. The van der Waals surface area contributed by atoms with E-state index in [1.54, 1.807) is 18.2 Å². The Hall–Kier alpha value is -2.57. The largest absolute Gasteiger partial charge is 0.496 e. The fraction of sp³-hybridized carbons (Fsp3) is 0.357. The van der Waals surface area contributed by atoms with Crippen LogP contribution in [0.2, 0.25) is 0 Å². The molecular weight excluding hydrogens is 276 g/mol. The molecule has 0 aliphatic rings. The van der Waals surface area contributed by atoms with Gasteiger partial charge in [-0.15, -0.1) is 0 Å². The fourth-order valence-electron chi connectivity index (χ4n) is 1.81. The molecule has 1 atom stereocenters. The Morgan fingerprint density at radius 3 is 2.57 bits per heavy atom. The molecule has 2 amide bonds. The van der Waals surface area contributed by atoms with Crippen molar-refractivity contribution >= 4 is 17.8 Å². The van der Waals surface area contributed by atoms with Gasteiger partial charge in [-0.1, -0.05) is 12.1 Å². The number of rotatable bonds is 7. The first-order chi connectivity index (χ1) is 9.83. The molecule has 21 heavy (non-hydrogen) atoms. The molecule has 0 saturated carbocycles. The lowest BCUT2D eigenvalue weighted by Gasteiger charge is -2.13. The van der Waals surface area contributed by atoms with Crippen LogP contribution in [0.25, 0.3) is 0 Å². The van der Waals surface area contributed by atoms with Gasteiger partial charge < -0.3 is 20.9 Å². The number of nitrogens with two attached hydrogens (primary N) is 1. The summed E-state index contributed by atoms with van der Waals surface area (Å²) >= 11 is 0. The zero-order chi connectivity index (χ0) is 16.0. The van der Waals surface area contributed by atoms with Crippen molar-refractivity contribution in [2.24, 2.45) is 5.73 Å². The minimum atomic E-state index is -1.32. The summed E-state index contributed by atoms with van der Waals surface area (Å²) in [5.74, 6) is -1.95. The van der Waals surface area contributed by atoms with Crippen LogP contribution in [0.5, 0.6) is 5.75 Å². The number of carbonyl (C=O) groups excluding carboxylic acids is 2. The quantitative estimate of drug-likeness (QED) is 0.653. The van der Waals surface area contributed by atoms with Crippen LogP contribution in [0.1, 0.15) is 17.5 Å². The molecule has 7 nitrogen and oxygen atoms in total. The van der Waals surface area contributed by atoms with Crippen molar-refractivity contribution in [1.82, 2.24) is 5.32 Å². The van der Waals surface area contributed by atoms with Crippen molar-refractivity contribution in [1.29, 1.82) is 0 Å². The van der Waals surface area contributed by atoms with E-state index in [0.717, 1.165) is 5.56 Å². The molecule has 1 aromatic carbocycles. The second kappa shape index (κ2) is 7.28. The normalized spacial score (nSPS) is 11.5. The number of methoxy groups -OCH3 is 1. The number of amides is 2. The maximum absolute atomic E-state index is 11.8. The summed E-state index contributed by atoms with van der Waals surface area (Å²) in [6.45, 7) is 1.87. The van der Waals surface area contributed by atoms with E-state index in [1.165, 1.54) is 7.11 Å². The topological polar surface area (TPSA) is 119 Å². The van der Waals surface area contributed by atoms with Crippen LogP contribution >= 0.6 is 0 Å². The minimum Gasteiger partial charge on any atom is -0.496 e. The molecule has 1 aromatic rings. The third kappa shape index (κ3) is 5.13. The van der Waals surface area contributed by atoms with E-state index in [2.05, 4.69) is 5.32 Å². The van der Waals surface area contributed by atoms with Crippen LogP contribution in [0.15, 0.2) is 18.2 Å². The molecule has 0 aromatic heterocycles. The van der Waals surface area contributed by atoms with E-state index < -0.39 is 30.2 Å². The van der Waals surface area contributed by atoms with Crippen molar-refractivity contribution in [3.63, 3.8) is 0 Å². The Kier molecular flexibility index (Phi) is 5.71. The summed E-state index contributed by atoms with van der Waals surface area (Å²) < 4.78 is 5.15. The van der Waals surface area contributed by atoms with Crippen molar-refractivity contribution in [2.75, 3.05) is 7.11 Å². The van der Waals surface area contributed by atoms with Gasteiger partial charge in [-0.05, 0) is 24.1 Å². The minimum absolute atomic E-state index is 0.0147. The van der Waals surface area contributed by atoms with E-state index in [0.29, 0.717) is 11.3 Å². The number of carboxylic acids is 1. The predicted molar refractivity (Wildman–Crippen MR) is 74.8 cm³/mol. The Morgan fingerprint density at radius 1 is 1.38 bits per heavy atom. The van der Waals surface area contributed by atoms with Crippen LogP contribution < -0.4 is 15.8 Å². The number of primary amides is 1. The molecule has 1 rings (SSSR count). The lowest BCUT2D eigenvalue weighted by molar-refractivity contribution is -0.143. The molecule has 7 heteroatoms. The highest BCUT2D eigenvalue weighted by molar-refractivity contribution is 5.88. The molecule has 114 valence electrons. The van der Waals surface area contributed by atoms with Gasteiger partial charge in [0.1, 0.15) is 11.8 Å². The molecule has 0 saturated heterocycles. The van der Waals surface area contributed by atoms with Crippen molar-refractivity contribution in [2.45, 2.75) is 25.8 Å². The Morgan fingerprint density at radius 2 is 2.05 bits per heavy atom. The SMILES string of the molecule is COc1cc(CC(=O)N[C@@H](CC(N)=O)C(=O)O)ccc1C. The van der Waals surface area contributed by atoms with Crippen LogP contribution in [-0.4, -0.2) is 36.0 Å². The fourth-order valence-corrected chi connectivity index (χ4v) is 1.81. The van der Waals surface area contributed by atoms with E-state index in [1.807, 2.05) is 6.92 Å². The molecule has 0 fully saturated rings. The average molecular weight is 294 g/mol. The summed E-state index contributed by atoms with van der Waals surface area (Å²) in [5, 5.41) is 11.2. The highest BCUT2D eigenvalue weighted by Crippen LogP contribution is 2.19. The first-order valence-corrected chi connectivity index (χ1v) is 6.27. The van der Waals surface area contributed by atoms with Gasteiger partial charge in [-0.3, -0.25) is 9.59 Å².